The van der Waals surface area contributed by atoms with Gasteiger partial charge in [-0.25, -0.2) is 47.8 Å². The largest absolute Gasteiger partial charge is 0.456 e. The van der Waals surface area contributed by atoms with Gasteiger partial charge in [0, 0.05) is 32.2 Å². The number of hydrogen-bond acceptors (Lipinski definition) is 19. The Kier molecular flexibility index (Phi) is 27.6. The summed E-state index contributed by atoms with van der Waals surface area (Å²) in [5.41, 5.74) is 7.60. The van der Waals surface area contributed by atoms with Crippen molar-refractivity contribution in [2.24, 2.45) is 0 Å². The second-order valence-corrected chi connectivity index (χ2v) is 34.4. The monoisotopic (exact) mass is 1680 g/mol. The van der Waals surface area contributed by atoms with Crippen LogP contribution in [-0.4, -0.2) is 75.4 Å². The van der Waals surface area contributed by atoms with Crippen LogP contribution in [0.2, 0.25) is 0 Å². The maximum absolute atomic E-state index is 13.1. The van der Waals surface area contributed by atoms with E-state index in [1.165, 1.54) is 104 Å². The zero-order chi connectivity index (χ0) is 82.4. The Morgan fingerprint density at radius 1 is 0.386 bits per heavy atom. The molecule has 0 bridgehead atoms. The van der Waals surface area contributed by atoms with Crippen molar-refractivity contribution in [1.29, 1.82) is 0 Å². The summed E-state index contributed by atoms with van der Waals surface area (Å²) < 4.78 is 224. The molecule has 1 unspecified atom stereocenters. The van der Waals surface area contributed by atoms with E-state index in [9.17, 15) is 78.6 Å². The van der Waals surface area contributed by atoms with E-state index in [0.29, 0.717) is 55.5 Å². The Balaban J connectivity index is 0.000000181. The lowest BCUT2D eigenvalue weighted by Crippen LogP contribution is -2.30. The van der Waals surface area contributed by atoms with Crippen LogP contribution in [0.3, 0.4) is 0 Å². The first-order valence-electron chi connectivity index (χ1n) is 33.9. The molecule has 1 atom stereocenters. The third-order valence-electron chi connectivity index (χ3n) is 17.0. The van der Waals surface area contributed by atoms with E-state index >= 15 is 0 Å². The highest BCUT2D eigenvalue weighted by molar-refractivity contribution is 7.98. The fourth-order valence-electron chi connectivity index (χ4n) is 11.1. The van der Waals surface area contributed by atoms with Crippen molar-refractivity contribution in [3.63, 3.8) is 0 Å². The number of sulfonamides is 3. The summed E-state index contributed by atoms with van der Waals surface area (Å²) >= 11 is 1.52. The number of carbonyl (C=O) groups is 3. The Hall–Kier alpha value is -11.5. The van der Waals surface area contributed by atoms with E-state index in [-0.39, 0.29) is 71.2 Å². The number of nitrogens with one attached hydrogen (secondary N) is 3. The van der Waals surface area contributed by atoms with Crippen LogP contribution in [0.5, 0.6) is 17.2 Å². The Labute approximate surface area is 659 Å². The van der Waals surface area contributed by atoms with E-state index in [4.69, 9.17) is 13.3 Å². The molecule has 0 aliphatic rings. The Morgan fingerprint density at radius 3 is 1.02 bits per heavy atom. The van der Waals surface area contributed by atoms with Crippen molar-refractivity contribution < 1.29 is 106 Å². The molecule has 0 spiro atoms. The van der Waals surface area contributed by atoms with Crippen molar-refractivity contribution in [2.75, 3.05) is 0 Å². The van der Waals surface area contributed by atoms with E-state index in [1.807, 2.05) is 33.7 Å². The zero-order valence-electron chi connectivity index (χ0n) is 60.9. The highest BCUT2D eigenvalue weighted by atomic mass is 32.2. The summed E-state index contributed by atoms with van der Waals surface area (Å²) in [5, 5.41) is 0. The molecule has 12 aromatic rings. The molecule has 3 N–H and O–H groups in total. The molecular weight excluding hydrogens is 1610 g/mol. The molecule has 12 rings (SSSR count). The van der Waals surface area contributed by atoms with E-state index in [0.717, 1.165) is 32.7 Å². The number of ether oxygens (including phenoxy) is 3. The van der Waals surface area contributed by atoms with Crippen LogP contribution in [0.15, 0.2) is 279 Å². The van der Waals surface area contributed by atoms with Gasteiger partial charge >= 0.3 is 37.6 Å². The molecule has 594 valence electrons. The molecule has 3 heterocycles. The molecule has 9 aromatic carbocycles. The van der Waals surface area contributed by atoms with Gasteiger partial charge in [-0.05, 0) is 201 Å². The summed E-state index contributed by atoms with van der Waals surface area (Å²) in [6.07, 6.45) is 0. The van der Waals surface area contributed by atoms with Crippen LogP contribution in [-0.2, 0) is 68.0 Å². The molecule has 0 aliphatic carbocycles. The topological polar surface area (TPSA) is 308 Å². The predicted molar refractivity (Wildman–Crippen MR) is 414 cm³/mol. The van der Waals surface area contributed by atoms with Crippen LogP contribution in [0.4, 0.5) is 26.3 Å². The maximum atomic E-state index is 13.1. The van der Waals surface area contributed by atoms with Crippen LogP contribution < -0.4 is 28.4 Å². The van der Waals surface area contributed by atoms with Crippen LogP contribution in [0.25, 0.3) is 33.4 Å². The standard InChI is InChI=1S/C27H23F2NO7S2.C27H23F2NO6S2.C27H23F2NO5S2/c1-17-5-3-4-6-25(17)39(34,35)30-26(31)24-15-21(18(2)36-24)16-38(32,33)23-13-9-20(10-14-23)19-7-11-22(12-8-19)37-27(28)29;1-17-5-3-4-6-25(17)38(33,34)30-26(31)24-15-21(18(2)35-24)16-37(32)23-13-9-20(10-14-23)19-7-11-22(12-8-19)36-27(28)29;1-17-5-3-4-6-25(17)37(32,33)30-26(31)24-15-21(18(2)34-24)16-36-23-13-9-20(10-14-23)19-7-11-22(12-8-19)35-27(28)29/h3-15,27H,16H2,1-2H3,(H,30,31);3-15,27H,16H2,1-2H3,(H,30,31);3-15,27H,16H2,1-2H3,(H,30,31). The van der Waals surface area contributed by atoms with E-state index in [2.05, 4.69) is 18.9 Å². The summed E-state index contributed by atoms with van der Waals surface area (Å²) in [6, 6.07) is 62.0. The second kappa shape index (κ2) is 37.0. The average molecular weight is 1680 g/mol. The smallest absolute Gasteiger partial charge is 0.387 e. The maximum Gasteiger partial charge on any atom is 0.387 e. The third kappa shape index (κ3) is 22.5. The van der Waals surface area contributed by atoms with Crippen molar-refractivity contribution in [3.8, 4) is 50.6 Å². The predicted octanol–water partition coefficient (Wildman–Crippen LogP) is 17.4. The molecule has 3 amide bonds. The molecule has 0 radical (unpaired) electrons. The number of aryl methyl sites for hydroxylation is 6. The second-order valence-electron chi connectivity index (χ2n) is 25.0. The fraction of sp³-hybridized carbons (Fsp3) is 0.148. The Morgan fingerprint density at radius 2 is 0.675 bits per heavy atom. The number of carbonyl (C=O) groups excluding carboxylic acids is 3. The van der Waals surface area contributed by atoms with Crippen molar-refractivity contribution in [3.05, 3.63) is 305 Å². The molecule has 114 heavy (non-hydrogen) atoms. The third-order valence-corrected chi connectivity index (χ3v) is 25.6. The highest BCUT2D eigenvalue weighted by Gasteiger charge is 2.29. The number of thioether (sulfide) groups is 1. The molecule has 3 aromatic heterocycles. The highest BCUT2D eigenvalue weighted by Crippen LogP contribution is 2.33. The molecular formula is C81H69F6N3O18S6. The van der Waals surface area contributed by atoms with Crippen molar-refractivity contribution in [2.45, 2.75) is 108 Å². The summed E-state index contributed by atoms with van der Waals surface area (Å²) in [5.74, 6) is -2.18. The average Bonchev–Trinajstić information content (AvgIpc) is 1.49. The molecule has 0 saturated heterocycles. The normalized spacial score (nSPS) is 11.9. The minimum absolute atomic E-state index is 0.00394. The van der Waals surface area contributed by atoms with Crippen molar-refractivity contribution in [1.82, 2.24) is 14.2 Å². The summed E-state index contributed by atoms with van der Waals surface area (Å²) in [6.45, 7) is 0.962. The van der Waals surface area contributed by atoms with Gasteiger partial charge in [-0.2, -0.15) is 26.3 Å². The van der Waals surface area contributed by atoms with Crippen LogP contribution >= 0.6 is 11.8 Å². The van der Waals surface area contributed by atoms with Gasteiger partial charge in [0.05, 0.1) is 41.9 Å². The lowest BCUT2D eigenvalue weighted by Gasteiger charge is -2.08. The quantitative estimate of drug-likeness (QED) is 0.0318. The minimum atomic E-state index is -4.17. The SMILES string of the molecule is Cc1ccccc1S(=O)(=O)NC(=O)c1cc(CS(=O)(=O)c2ccc(-c3ccc(OC(F)F)cc3)cc2)c(C)o1.Cc1ccccc1S(=O)(=O)NC(=O)c1cc(CS(=O)c2ccc(-c3ccc(OC(F)F)cc3)cc2)c(C)o1.Cc1ccccc1S(=O)(=O)NC(=O)c1cc(CSc2ccc(-c3ccc(OC(F)F)cc3)cc2)c(C)o1. The first-order valence-corrected chi connectivity index (χ1v) is 42.3. The van der Waals surface area contributed by atoms with Gasteiger partial charge in [0.15, 0.2) is 27.1 Å². The molecule has 21 nitrogen and oxygen atoms in total. The minimum Gasteiger partial charge on any atom is -0.456 e. The van der Waals surface area contributed by atoms with Crippen molar-refractivity contribution >= 4 is 80.2 Å². The fourth-order valence-corrected chi connectivity index (χ4v) is 18.3. The van der Waals surface area contributed by atoms with Gasteiger partial charge in [0.1, 0.15) is 34.5 Å². The van der Waals surface area contributed by atoms with Gasteiger partial charge in [-0.3, -0.25) is 18.6 Å². The molecule has 33 heteroatoms. The first kappa shape index (κ1) is 84.9. The lowest BCUT2D eigenvalue weighted by atomic mass is 10.1. The van der Waals surface area contributed by atoms with E-state index < -0.39 is 94.0 Å². The summed E-state index contributed by atoms with van der Waals surface area (Å²) in [7, 11) is -17.7. The first-order chi connectivity index (χ1) is 54.0. The molecule has 0 fully saturated rings. The Bertz CT molecular complexity index is 5950. The number of benzene rings is 9. The summed E-state index contributed by atoms with van der Waals surface area (Å²) in [4.78, 5) is 39.3. The number of amides is 3. The molecule has 0 saturated carbocycles. The van der Waals surface area contributed by atoms with Gasteiger partial charge in [0.2, 0.25) is 0 Å². The number of sulfone groups is 1. The lowest BCUT2D eigenvalue weighted by molar-refractivity contribution is -0.0505. The molecule has 0 aliphatic heterocycles. The zero-order valence-corrected chi connectivity index (χ0v) is 65.8. The van der Waals surface area contributed by atoms with Gasteiger partial charge in [0.25, 0.3) is 30.1 Å². The van der Waals surface area contributed by atoms with Crippen LogP contribution in [0.1, 0.15) is 82.3 Å². The van der Waals surface area contributed by atoms with Crippen LogP contribution in [0, 0.1) is 41.5 Å². The number of rotatable bonds is 27. The number of alkyl halides is 6. The van der Waals surface area contributed by atoms with Gasteiger partial charge < -0.3 is 27.5 Å². The number of furan rings is 3. The van der Waals surface area contributed by atoms with Gasteiger partial charge in [-0.1, -0.05) is 127 Å². The number of halogens is 6. The number of hydrogen-bond donors (Lipinski definition) is 3. The van der Waals surface area contributed by atoms with Gasteiger partial charge in [-0.15, -0.1) is 11.8 Å². The van der Waals surface area contributed by atoms with E-state index in [1.54, 1.807) is 162 Å².